The lowest BCUT2D eigenvalue weighted by atomic mass is 10.1. The Kier molecular flexibility index (Phi) is 3.66. The molecular formula is C13H16BrN3O3. The maximum Gasteiger partial charge on any atom is 0.270 e. The number of non-ortho nitro benzene ring substituents is 1. The van der Waals surface area contributed by atoms with Crippen LogP contribution in [0.15, 0.2) is 22.7 Å². The summed E-state index contributed by atoms with van der Waals surface area (Å²) >= 11 is 3.44. The highest BCUT2D eigenvalue weighted by atomic mass is 79.9. The minimum atomic E-state index is -0.380. The van der Waals surface area contributed by atoms with E-state index in [1.165, 1.54) is 0 Å². The summed E-state index contributed by atoms with van der Waals surface area (Å²) in [4.78, 5) is 15.0. The van der Waals surface area contributed by atoms with Crippen molar-refractivity contribution in [2.75, 3.05) is 38.2 Å². The highest BCUT2D eigenvalue weighted by Gasteiger charge is 2.39. The predicted molar refractivity (Wildman–Crippen MR) is 79.2 cm³/mol. The molecule has 0 spiro atoms. The molecule has 0 radical (unpaired) electrons. The van der Waals surface area contributed by atoms with Crippen molar-refractivity contribution in [1.29, 1.82) is 0 Å². The third kappa shape index (κ3) is 2.41. The molecule has 7 heteroatoms. The van der Waals surface area contributed by atoms with Crippen LogP contribution in [-0.2, 0) is 4.74 Å². The first kappa shape index (κ1) is 13.8. The van der Waals surface area contributed by atoms with Crippen LogP contribution in [0, 0.1) is 10.1 Å². The van der Waals surface area contributed by atoms with Gasteiger partial charge in [-0.3, -0.25) is 15.0 Å². The third-order valence-corrected chi connectivity index (χ3v) is 4.70. The highest BCUT2D eigenvalue weighted by molar-refractivity contribution is 9.10. The second-order valence-corrected chi connectivity index (χ2v) is 6.11. The maximum absolute atomic E-state index is 10.8. The molecule has 2 fully saturated rings. The Balaban J connectivity index is 1.82. The number of benzene rings is 1. The fourth-order valence-corrected chi connectivity index (χ4v) is 3.54. The lowest BCUT2D eigenvalue weighted by Gasteiger charge is -2.33. The van der Waals surface area contributed by atoms with E-state index in [0.29, 0.717) is 6.04 Å². The average Bonchev–Trinajstić information content (AvgIpc) is 2.83. The van der Waals surface area contributed by atoms with E-state index in [0.717, 1.165) is 36.4 Å². The van der Waals surface area contributed by atoms with Crippen LogP contribution in [0.5, 0.6) is 0 Å². The molecule has 0 N–H and O–H groups in total. The van der Waals surface area contributed by atoms with Crippen molar-refractivity contribution >= 4 is 27.3 Å². The average molecular weight is 342 g/mol. The molecule has 2 aliphatic heterocycles. The van der Waals surface area contributed by atoms with Gasteiger partial charge in [0.2, 0.25) is 0 Å². The Morgan fingerprint density at radius 2 is 2.25 bits per heavy atom. The Morgan fingerprint density at radius 3 is 2.90 bits per heavy atom. The van der Waals surface area contributed by atoms with E-state index in [-0.39, 0.29) is 16.7 Å². The lowest BCUT2D eigenvalue weighted by molar-refractivity contribution is -0.384. The molecule has 2 aliphatic rings. The van der Waals surface area contributed by atoms with Gasteiger partial charge >= 0.3 is 0 Å². The van der Waals surface area contributed by atoms with Crippen LogP contribution in [-0.4, -0.2) is 55.3 Å². The molecule has 2 atom stereocenters. The fraction of sp³-hybridized carbons (Fsp3) is 0.538. The van der Waals surface area contributed by atoms with Gasteiger partial charge in [-0.2, -0.15) is 0 Å². The first-order valence-electron chi connectivity index (χ1n) is 6.57. The SMILES string of the molecule is CN1CCOC2CN(c3ccc([N+](=O)[O-])cc3Br)CC21. The fourth-order valence-electron chi connectivity index (χ4n) is 2.92. The smallest absolute Gasteiger partial charge is 0.270 e. The van der Waals surface area contributed by atoms with Gasteiger partial charge in [0.15, 0.2) is 0 Å². The number of halogens is 1. The summed E-state index contributed by atoms with van der Waals surface area (Å²) < 4.78 is 6.58. The zero-order valence-electron chi connectivity index (χ0n) is 11.2. The molecule has 0 aromatic heterocycles. The number of nitro groups is 1. The predicted octanol–water partition coefficient (Wildman–Crippen LogP) is 1.88. The number of fused-ring (bicyclic) bond motifs is 1. The number of anilines is 1. The lowest BCUT2D eigenvalue weighted by Crippen LogP contribution is -2.48. The summed E-state index contributed by atoms with van der Waals surface area (Å²) in [6.45, 7) is 3.44. The van der Waals surface area contributed by atoms with Crippen LogP contribution in [0.3, 0.4) is 0 Å². The molecule has 20 heavy (non-hydrogen) atoms. The van der Waals surface area contributed by atoms with E-state index < -0.39 is 0 Å². The summed E-state index contributed by atoms with van der Waals surface area (Å²) in [7, 11) is 2.12. The van der Waals surface area contributed by atoms with E-state index in [2.05, 4.69) is 32.8 Å². The van der Waals surface area contributed by atoms with Gasteiger partial charge in [0.05, 0.1) is 29.4 Å². The molecule has 0 bridgehead atoms. The zero-order valence-corrected chi connectivity index (χ0v) is 12.7. The van der Waals surface area contributed by atoms with Crippen molar-refractivity contribution in [3.63, 3.8) is 0 Å². The van der Waals surface area contributed by atoms with Crippen LogP contribution < -0.4 is 4.90 Å². The number of rotatable bonds is 2. The van der Waals surface area contributed by atoms with Crippen LogP contribution in [0.1, 0.15) is 0 Å². The summed E-state index contributed by atoms with van der Waals surface area (Å²) in [5.41, 5.74) is 1.09. The van der Waals surface area contributed by atoms with Gasteiger partial charge in [-0.05, 0) is 29.0 Å². The van der Waals surface area contributed by atoms with Crippen molar-refractivity contribution in [3.05, 3.63) is 32.8 Å². The number of ether oxygens (including phenoxy) is 1. The number of nitrogens with zero attached hydrogens (tertiary/aromatic N) is 3. The Morgan fingerprint density at radius 1 is 1.45 bits per heavy atom. The van der Waals surface area contributed by atoms with Crippen molar-refractivity contribution in [2.45, 2.75) is 12.1 Å². The van der Waals surface area contributed by atoms with Crippen LogP contribution in [0.4, 0.5) is 11.4 Å². The maximum atomic E-state index is 10.8. The molecule has 2 heterocycles. The summed E-state index contributed by atoms with van der Waals surface area (Å²) in [6.07, 6.45) is 0.218. The number of nitro benzene ring substituents is 1. The van der Waals surface area contributed by atoms with E-state index in [1.54, 1.807) is 18.2 Å². The molecule has 6 nitrogen and oxygen atoms in total. The van der Waals surface area contributed by atoms with Gasteiger partial charge in [0.25, 0.3) is 5.69 Å². The number of hydrogen-bond donors (Lipinski definition) is 0. The van der Waals surface area contributed by atoms with Crippen molar-refractivity contribution in [2.24, 2.45) is 0 Å². The molecule has 0 aliphatic carbocycles. The molecule has 2 saturated heterocycles. The minimum absolute atomic E-state index is 0.102. The Bertz CT molecular complexity index is 540. The van der Waals surface area contributed by atoms with Gasteiger partial charge in [-0.1, -0.05) is 0 Å². The van der Waals surface area contributed by atoms with Gasteiger partial charge < -0.3 is 9.64 Å². The monoisotopic (exact) mass is 341 g/mol. The Hall–Kier alpha value is -1.18. The zero-order chi connectivity index (χ0) is 14.3. The van der Waals surface area contributed by atoms with E-state index in [4.69, 9.17) is 4.74 Å². The van der Waals surface area contributed by atoms with Crippen molar-refractivity contribution < 1.29 is 9.66 Å². The van der Waals surface area contributed by atoms with E-state index in [1.807, 2.05) is 0 Å². The number of likely N-dealkylation sites (N-methyl/N-ethyl adjacent to an activating group) is 1. The summed E-state index contributed by atoms with van der Waals surface area (Å²) in [6, 6.07) is 5.31. The van der Waals surface area contributed by atoms with E-state index in [9.17, 15) is 10.1 Å². The first-order chi connectivity index (χ1) is 9.56. The second-order valence-electron chi connectivity index (χ2n) is 5.26. The molecule has 3 rings (SSSR count). The molecule has 1 aromatic carbocycles. The quantitative estimate of drug-likeness (QED) is 0.607. The van der Waals surface area contributed by atoms with Crippen LogP contribution >= 0.6 is 15.9 Å². The minimum Gasteiger partial charge on any atom is -0.373 e. The topological polar surface area (TPSA) is 58.8 Å². The molecular weight excluding hydrogens is 326 g/mol. The molecule has 0 saturated carbocycles. The normalized spacial score (nSPS) is 26.6. The standard InChI is InChI=1S/C13H16BrN3O3/c1-15-4-5-20-13-8-16(7-12(13)15)11-3-2-9(17(18)19)6-10(11)14/h2-3,6,12-13H,4-5,7-8H2,1H3. The largest absolute Gasteiger partial charge is 0.373 e. The van der Waals surface area contributed by atoms with Crippen LogP contribution in [0.25, 0.3) is 0 Å². The number of morpholine rings is 1. The molecule has 108 valence electrons. The first-order valence-corrected chi connectivity index (χ1v) is 7.36. The van der Waals surface area contributed by atoms with Crippen LogP contribution in [0.2, 0.25) is 0 Å². The van der Waals surface area contributed by atoms with Gasteiger partial charge in [0.1, 0.15) is 0 Å². The highest BCUT2D eigenvalue weighted by Crippen LogP contribution is 2.34. The molecule has 1 aromatic rings. The van der Waals surface area contributed by atoms with Gasteiger partial charge in [-0.15, -0.1) is 0 Å². The summed E-state index contributed by atoms with van der Waals surface area (Å²) in [5, 5.41) is 10.8. The number of hydrogen-bond acceptors (Lipinski definition) is 5. The van der Waals surface area contributed by atoms with Crippen molar-refractivity contribution in [1.82, 2.24) is 4.90 Å². The third-order valence-electron chi connectivity index (χ3n) is 4.06. The Labute approximate surface area is 125 Å². The van der Waals surface area contributed by atoms with E-state index >= 15 is 0 Å². The second kappa shape index (κ2) is 5.31. The molecule has 2 unspecified atom stereocenters. The van der Waals surface area contributed by atoms with Gasteiger partial charge in [0, 0.05) is 36.2 Å². The van der Waals surface area contributed by atoms with Crippen molar-refractivity contribution in [3.8, 4) is 0 Å². The summed E-state index contributed by atoms with van der Waals surface area (Å²) in [5.74, 6) is 0. The molecule has 0 amide bonds. The van der Waals surface area contributed by atoms with Gasteiger partial charge in [-0.25, -0.2) is 0 Å².